The standard InChI is InChI=1S/C14H15NO3/c1-3-18-14(17)8-12-5-11(4-10(2)16)6-13(7-12)9-15/h5-7H,3-4,8H2,1-2H3. The van der Waals surface area contributed by atoms with Crippen molar-refractivity contribution in [3.63, 3.8) is 0 Å². The van der Waals surface area contributed by atoms with E-state index in [9.17, 15) is 9.59 Å². The molecule has 94 valence electrons. The molecule has 0 heterocycles. The van der Waals surface area contributed by atoms with Crippen LogP contribution in [-0.2, 0) is 27.2 Å². The van der Waals surface area contributed by atoms with Gasteiger partial charge in [-0.05, 0) is 37.1 Å². The van der Waals surface area contributed by atoms with Gasteiger partial charge in [-0.3, -0.25) is 9.59 Å². The summed E-state index contributed by atoms with van der Waals surface area (Å²) in [6.07, 6.45) is 0.389. The Bertz CT molecular complexity index is 500. The first-order valence-electron chi connectivity index (χ1n) is 5.73. The van der Waals surface area contributed by atoms with Gasteiger partial charge in [-0.1, -0.05) is 6.07 Å². The molecule has 0 aromatic heterocycles. The normalized spacial score (nSPS) is 9.61. The summed E-state index contributed by atoms with van der Waals surface area (Å²) < 4.78 is 4.85. The van der Waals surface area contributed by atoms with Crippen LogP contribution in [0.3, 0.4) is 0 Å². The average molecular weight is 245 g/mol. The Hall–Kier alpha value is -2.15. The smallest absolute Gasteiger partial charge is 0.310 e. The summed E-state index contributed by atoms with van der Waals surface area (Å²) in [6, 6.07) is 7.09. The topological polar surface area (TPSA) is 67.2 Å². The molecule has 0 saturated carbocycles. The fourth-order valence-corrected chi connectivity index (χ4v) is 1.70. The van der Waals surface area contributed by atoms with E-state index < -0.39 is 0 Å². The Morgan fingerprint density at radius 3 is 2.33 bits per heavy atom. The minimum absolute atomic E-state index is 0.0205. The summed E-state index contributed by atoms with van der Waals surface area (Å²) >= 11 is 0. The first-order chi connectivity index (χ1) is 8.55. The Labute approximate surface area is 106 Å². The molecule has 0 bridgehead atoms. The van der Waals surface area contributed by atoms with Crippen LogP contribution in [0.1, 0.15) is 30.5 Å². The molecule has 0 atom stereocenters. The summed E-state index contributed by atoms with van der Waals surface area (Å²) in [5.41, 5.74) is 1.90. The maximum absolute atomic E-state index is 11.4. The maximum Gasteiger partial charge on any atom is 0.310 e. The SMILES string of the molecule is CCOC(=O)Cc1cc(C#N)cc(CC(C)=O)c1. The van der Waals surface area contributed by atoms with Crippen LogP contribution >= 0.6 is 0 Å². The number of carbonyl (C=O) groups excluding carboxylic acids is 2. The van der Waals surface area contributed by atoms with E-state index >= 15 is 0 Å². The predicted molar refractivity (Wildman–Crippen MR) is 65.9 cm³/mol. The van der Waals surface area contributed by atoms with Crippen molar-refractivity contribution in [2.24, 2.45) is 0 Å². The van der Waals surface area contributed by atoms with Crippen LogP contribution < -0.4 is 0 Å². The number of nitriles is 1. The van der Waals surface area contributed by atoms with Gasteiger partial charge in [-0.25, -0.2) is 0 Å². The third-order valence-electron chi connectivity index (χ3n) is 2.29. The molecule has 0 aliphatic heterocycles. The molecule has 4 nitrogen and oxygen atoms in total. The molecule has 0 amide bonds. The van der Waals surface area contributed by atoms with E-state index in [-0.39, 0.29) is 24.6 Å². The van der Waals surface area contributed by atoms with Gasteiger partial charge in [0.05, 0.1) is 24.7 Å². The van der Waals surface area contributed by atoms with E-state index in [1.807, 2.05) is 6.07 Å². The minimum atomic E-state index is -0.332. The third kappa shape index (κ3) is 4.38. The van der Waals surface area contributed by atoms with E-state index in [0.717, 1.165) is 5.56 Å². The average Bonchev–Trinajstić information content (AvgIpc) is 2.27. The second kappa shape index (κ2) is 6.55. The maximum atomic E-state index is 11.4. The molecule has 0 unspecified atom stereocenters. The fourth-order valence-electron chi connectivity index (χ4n) is 1.70. The molecule has 18 heavy (non-hydrogen) atoms. The highest BCUT2D eigenvalue weighted by atomic mass is 16.5. The van der Waals surface area contributed by atoms with Crippen LogP contribution in [0.2, 0.25) is 0 Å². The number of ketones is 1. The summed E-state index contributed by atoms with van der Waals surface area (Å²) in [6.45, 7) is 3.56. The third-order valence-corrected chi connectivity index (χ3v) is 2.29. The Balaban J connectivity index is 2.94. The Morgan fingerprint density at radius 2 is 1.83 bits per heavy atom. The molecule has 0 spiro atoms. The van der Waals surface area contributed by atoms with Crippen LogP contribution in [0.25, 0.3) is 0 Å². The zero-order valence-electron chi connectivity index (χ0n) is 10.5. The molecule has 1 aromatic carbocycles. The van der Waals surface area contributed by atoms with Crippen LogP contribution in [0.5, 0.6) is 0 Å². The van der Waals surface area contributed by atoms with Crippen LogP contribution in [0.15, 0.2) is 18.2 Å². The molecule has 0 saturated heterocycles. The molecule has 0 aliphatic rings. The van der Waals surface area contributed by atoms with E-state index in [4.69, 9.17) is 10.00 Å². The molecular weight excluding hydrogens is 230 g/mol. The van der Waals surface area contributed by atoms with Gasteiger partial charge in [-0.15, -0.1) is 0 Å². The van der Waals surface area contributed by atoms with Crippen molar-refractivity contribution >= 4 is 11.8 Å². The van der Waals surface area contributed by atoms with Gasteiger partial charge in [0.2, 0.25) is 0 Å². The number of esters is 1. The van der Waals surface area contributed by atoms with Crippen molar-refractivity contribution in [3.8, 4) is 6.07 Å². The van der Waals surface area contributed by atoms with Gasteiger partial charge in [-0.2, -0.15) is 5.26 Å². The van der Waals surface area contributed by atoms with E-state index in [0.29, 0.717) is 17.7 Å². The first-order valence-corrected chi connectivity index (χ1v) is 5.73. The van der Waals surface area contributed by atoms with Crippen molar-refractivity contribution in [2.45, 2.75) is 26.7 Å². The Morgan fingerprint density at radius 1 is 1.22 bits per heavy atom. The zero-order valence-corrected chi connectivity index (χ0v) is 10.5. The fraction of sp³-hybridized carbons (Fsp3) is 0.357. The molecular formula is C14H15NO3. The molecule has 1 rings (SSSR count). The summed E-state index contributed by atoms with van der Waals surface area (Å²) in [4.78, 5) is 22.4. The number of nitrogens with zero attached hydrogens (tertiary/aromatic N) is 1. The highest BCUT2D eigenvalue weighted by Gasteiger charge is 2.08. The van der Waals surface area contributed by atoms with Crippen LogP contribution in [0.4, 0.5) is 0 Å². The second-order valence-electron chi connectivity index (χ2n) is 4.01. The van der Waals surface area contributed by atoms with Gasteiger partial charge < -0.3 is 4.74 Å². The quantitative estimate of drug-likeness (QED) is 0.742. The molecule has 4 heteroatoms. The number of Topliss-reactive ketones (excluding diaryl/α,β-unsaturated/α-hetero) is 1. The van der Waals surface area contributed by atoms with E-state index in [2.05, 4.69) is 0 Å². The monoisotopic (exact) mass is 245 g/mol. The van der Waals surface area contributed by atoms with Crippen molar-refractivity contribution in [3.05, 3.63) is 34.9 Å². The van der Waals surface area contributed by atoms with Crippen molar-refractivity contribution in [1.29, 1.82) is 5.26 Å². The van der Waals surface area contributed by atoms with Crippen molar-refractivity contribution in [2.75, 3.05) is 6.61 Å². The predicted octanol–water partition coefficient (Wildman–Crippen LogP) is 1.80. The molecule has 0 fully saturated rings. The van der Waals surface area contributed by atoms with Crippen molar-refractivity contribution < 1.29 is 14.3 Å². The summed E-state index contributed by atoms with van der Waals surface area (Å²) in [7, 11) is 0. The summed E-state index contributed by atoms with van der Waals surface area (Å²) in [5, 5.41) is 8.91. The largest absolute Gasteiger partial charge is 0.466 e. The second-order valence-corrected chi connectivity index (χ2v) is 4.01. The summed E-state index contributed by atoms with van der Waals surface area (Å²) in [5.74, 6) is -0.312. The van der Waals surface area contributed by atoms with Crippen LogP contribution in [0, 0.1) is 11.3 Å². The van der Waals surface area contributed by atoms with E-state index in [1.54, 1.807) is 25.1 Å². The van der Waals surface area contributed by atoms with Gasteiger partial charge in [0.15, 0.2) is 0 Å². The molecule has 0 N–H and O–H groups in total. The van der Waals surface area contributed by atoms with Crippen LogP contribution in [-0.4, -0.2) is 18.4 Å². The lowest BCUT2D eigenvalue weighted by molar-refractivity contribution is -0.142. The molecule has 0 aliphatic carbocycles. The molecule has 0 radical (unpaired) electrons. The number of hydrogen-bond acceptors (Lipinski definition) is 4. The Kier molecular flexibility index (Phi) is 5.06. The van der Waals surface area contributed by atoms with Gasteiger partial charge in [0, 0.05) is 6.42 Å². The van der Waals surface area contributed by atoms with Crippen molar-refractivity contribution in [1.82, 2.24) is 0 Å². The number of benzene rings is 1. The van der Waals surface area contributed by atoms with E-state index in [1.165, 1.54) is 6.92 Å². The lowest BCUT2D eigenvalue weighted by atomic mass is 10.0. The van der Waals surface area contributed by atoms with Gasteiger partial charge in [0.25, 0.3) is 0 Å². The highest BCUT2D eigenvalue weighted by molar-refractivity contribution is 5.78. The lowest BCUT2D eigenvalue weighted by Gasteiger charge is -2.05. The highest BCUT2D eigenvalue weighted by Crippen LogP contribution is 2.12. The minimum Gasteiger partial charge on any atom is -0.466 e. The zero-order chi connectivity index (χ0) is 13.5. The first kappa shape index (κ1) is 13.9. The number of hydrogen-bond donors (Lipinski definition) is 0. The lowest BCUT2D eigenvalue weighted by Crippen LogP contribution is -2.08. The number of rotatable bonds is 5. The number of carbonyl (C=O) groups is 2. The number of ether oxygens (including phenoxy) is 1. The van der Waals surface area contributed by atoms with Gasteiger partial charge in [0.1, 0.15) is 5.78 Å². The van der Waals surface area contributed by atoms with Gasteiger partial charge >= 0.3 is 5.97 Å². The molecule has 1 aromatic rings.